The molecule has 1 rings (SSSR count). The van der Waals surface area contributed by atoms with Crippen LogP contribution in [-0.2, 0) is 0 Å². The van der Waals surface area contributed by atoms with Crippen molar-refractivity contribution < 1.29 is 0 Å². The number of hydrogen-bond donors (Lipinski definition) is 0. The summed E-state index contributed by atoms with van der Waals surface area (Å²) in [6.45, 7) is 9.80. The normalized spacial score (nSPS) is 6.64. The molecule has 3 nitrogen and oxygen atoms in total. The summed E-state index contributed by atoms with van der Waals surface area (Å²) in [5.74, 6) is 0.711. The van der Waals surface area contributed by atoms with Crippen LogP contribution in [0.15, 0.2) is 12.4 Å². The SMILES string of the molecule is CC.CC.Cc1nccnn1. The van der Waals surface area contributed by atoms with E-state index in [-0.39, 0.29) is 0 Å². The first-order valence-corrected chi connectivity index (χ1v) is 4.00. The van der Waals surface area contributed by atoms with Gasteiger partial charge in [-0.2, -0.15) is 5.10 Å². The minimum absolute atomic E-state index is 0.711. The summed E-state index contributed by atoms with van der Waals surface area (Å²) in [4.78, 5) is 3.81. The Hall–Kier alpha value is -0.990. The van der Waals surface area contributed by atoms with E-state index in [4.69, 9.17) is 0 Å². The van der Waals surface area contributed by atoms with Crippen LogP contribution in [0.25, 0.3) is 0 Å². The summed E-state index contributed by atoms with van der Waals surface area (Å²) < 4.78 is 0. The van der Waals surface area contributed by atoms with Crippen molar-refractivity contribution in [2.24, 2.45) is 0 Å². The molecule has 1 aromatic rings. The van der Waals surface area contributed by atoms with Gasteiger partial charge in [0.25, 0.3) is 0 Å². The molecule has 0 aromatic carbocycles. The van der Waals surface area contributed by atoms with Gasteiger partial charge >= 0.3 is 0 Å². The average Bonchev–Trinajstić information content (AvgIpc) is 2.13. The molecule has 0 radical (unpaired) electrons. The van der Waals surface area contributed by atoms with Crippen LogP contribution in [0.3, 0.4) is 0 Å². The maximum absolute atomic E-state index is 3.81. The summed E-state index contributed by atoms with van der Waals surface area (Å²) in [5, 5.41) is 7.19. The van der Waals surface area contributed by atoms with E-state index in [0.29, 0.717) is 5.82 Å². The van der Waals surface area contributed by atoms with Crippen molar-refractivity contribution in [3.8, 4) is 0 Å². The van der Waals surface area contributed by atoms with E-state index in [1.54, 1.807) is 19.3 Å². The number of rotatable bonds is 0. The zero-order chi connectivity index (χ0) is 9.11. The van der Waals surface area contributed by atoms with Crippen molar-refractivity contribution in [2.75, 3.05) is 0 Å². The number of aromatic nitrogens is 3. The van der Waals surface area contributed by atoms with Gasteiger partial charge in [0.15, 0.2) is 0 Å². The summed E-state index contributed by atoms with van der Waals surface area (Å²) in [7, 11) is 0. The molecular weight excluding hydrogens is 138 g/mol. The van der Waals surface area contributed by atoms with Crippen molar-refractivity contribution in [1.82, 2.24) is 15.2 Å². The zero-order valence-electron chi connectivity index (χ0n) is 8.00. The van der Waals surface area contributed by atoms with Crippen molar-refractivity contribution >= 4 is 0 Å². The van der Waals surface area contributed by atoms with Crippen LogP contribution in [0, 0.1) is 6.92 Å². The molecular formula is C8H17N3. The highest BCUT2D eigenvalue weighted by molar-refractivity contribution is 4.74. The molecule has 1 heterocycles. The van der Waals surface area contributed by atoms with E-state index < -0.39 is 0 Å². The molecule has 0 bridgehead atoms. The molecule has 0 spiro atoms. The van der Waals surface area contributed by atoms with Crippen molar-refractivity contribution in [3.05, 3.63) is 18.2 Å². The second-order valence-electron chi connectivity index (χ2n) is 1.19. The summed E-state index contributed by atoms with van der Waals surface area (Å²) in [5.41, 5.74) is 0. The lowest BCUT2D eigenvalue weighted by atomic mass is 10.7. The Balaban J connectivity index is 0. The Morgan fingerprint density at radius 3 is 1.73 bits per heavy atom. The number of nitrogens with zero attached hydrogens (tertiary/aromatic N) is 3. The topological polar surface area (TPSA) is 38.7 Å². The van der Waals surface area contributed by atoms with Crippen LogP contribution < -0.4 is 0 Å². The Labute approximate surface area is 68.9 Å². The molecule has 0 unspecified atom stereocenters. The average molecular weight is 155 g/mol. The van der Waals surface area contributed by atoms with Gasteiger partial charge in [0.1, 0.15) is 5.82 Å². The van der Waals surface area contributed by atoms with Crippen molar-refractivity contribution in [1.29, 1.82) is 0 Å². The van der Waals surface area contributed by atoms with Gasteiger partial charge in [0.2, 0.25) is 0 Å². The predicted octanol–water partition coefficient (Wildman–Crippen LogP) is 2.23. The Morgan fingerprint density at radius 2 is 1.55 bits per heavy atom. The van der Waals surface area contributed by atoms with Gasteiger partial charge in [0.05, 0.1) is 6.20 Å². The highest BCUT2D eigenvalue weighted by atomic mass is 15.1. The van der Waals surface area contributed by atoms with Crippen molar-refractivity contribution in [3.63, 3.8) is 0 Å². The van der Waals surface area contributed by atoms with Crippen LogP contribution in [-0.4, -0.2) is 15.2 Å². The second-order valence-corrected chi connectivity index (χ2v) is 1.19. The third kappa shape index (κ3) is 9.01. The second kappa shape index (κ2) is 11.8. The highest BCUT2D eigenvalue weighted by Gasteiger charge is 1.76. The smallest absolute Gasteiger partial charge is 0.147 e. The van der Waals surface area contributed by atoms with Gasteiger partial charge in [0, 0.05) is 6.20 Å². The molecule has 0 aliphatic heterocycles. The third-order valence-corrected chi connectivity index (χ3v) is 0.597. The van der Waals surface area contributed by atoms with E-state index in [0.717, 1.165) is 0 Å². The number of hydrogen-bond acceptors (Lipinski definition) is 3. The molecule has 0 amide bonds. The first kappa shape index (κ1) is 12.7. The fraction of sp³-hybridized carbons (Fsp3) is 0.625. The minimum atomic E-state index is 0.711. The van der Waals surface area contributed by atoms with Crippen LogP contribution in [0.5, 0.6) is 0 Å². The van der Waals surface area contributed by atoms with E-state index >= 15 is 0 Å². The molecule has 0 aliphatic carbocycles. The lowest BCUT2D eigenvalue weighted by Crippen LogP contribution is -1.85. The highest BCUT2D eigenvalue weighted by Crippen LogP contribution is 1.74. The lowest BCUT2D eigenvalue weighted by molar-refractivity contribution is 0.907. The van der Waals surface area contributed by atoms with Gasteiger partial charge in [-0.05, 0) is 6.92 Å². The largest absolute Gasteiger partial charge is 0.238 e. The first-order valence-electron chi connectivity index (χ1n) is 4.00. The summed E-state index contributed by atoms with van der Waals surface area (Å²) in [6, 6.07) is 0. The Morgan fingerprint density at radius 1 is 1.00 bits per heavy atom. The molecule has 0 saturated heterocycles. The summed E-state index contributed by atoms with van der Waals surface area (Å²) in [6.07, 6.45) is 3.16. The fourth-order valence-corrected chi connectivity index (χ4v) is 0.314. The van der Waals surface area contributed by atoms with Gasteiger partial charge < -0.3 is 0 Å². The monoisotopic (exact) mass is 155 g/mol. The molecule has 3 heteroatoms. The van der Waals surface area contributed by atoms with E-state index in [1.165, 1.54) is 0 Å². The van der Waals surface area contributed by atoms with Crippen LogP contribution in [0.4, 0.5) is 0 Å². The Kier molecular flexibility index (Phi) is 13.5. The molecule has 0 fully saturated rings. The third-order valence-electron chi connectivity index (χ3n) is 0.597. The Bertz CT molecular complexity index is 139. The quantitative estimate of drug-likeness (QED) is 0.576. The van der Waals surface area contributed by atoms with E-state index in [2.05, 4.69) is 15.2 Å². The maximum Gasteiger partial charge on any atom is 0.147 e. The molecule has 0 atom stereocenters. The molecule has 0 aliphatic rings. The standard InChI is InChI=1S/C4H5N3.2C2H6/c1-4-5-2-3-6-7-4;2*1-2/h2-3H,1H3;2*1-2H3. The van der Waals surface area contributed by atoms with E-state index in [9.17, 15) is 0 Å². The minimum Gasteiger partial charge on any atom is -0.238 e. The summed E-state index contributed by atoms with van der Waals surface area (Å²) >= 11 is 0. The van der Waals surface area contributed by atoms with Crippen LogP contribution >= 0.6 is 0 Å². The molecule has 0 saturated carbocycles. The van der Waals surface area contributed by atoms with Crippen LogP contribution in [0.2, 0.25) is 0 Å². The lowest BCUT2D eigenvalue weighted by Gasteiger charge is -1.80. The van der Waals surface area contributed by atoms with E-state index in [1.807, 2.05) is 27.7 Å². The molecule has 11 heavy (non-hydrogen) atoms. The van der Waals surface area contributed by atoms with Crippen molar-refractivity contribution in [2.45, 2.75) is 34.6 Å². The molecule has 1 aromatic heterocycles. The first-order chi connectivity index (χ1) is 5.39. The van der Waals surface area contributed by atoms with Gasteiger partial charge in [-0.1, -0.05) is 27.7 Å². The zero-order valence-corrected chi connectivity index (χ0v) is 8.00. The maximum atomic E-state index is 3.81. The predicted molar refractivity (Wildman–Crippen MR) is 47.3 cm³/mol. The van der Waals surface area contributed by atoms with Gasteiger partial charge in [-0.15, -0.1) is 5.10 Å². The van der Waals surface area contributed by atoms with Crippen LogP contribution in [0.1, 0.15) is 33.5 Å². The fourth-order valence-electron chi connectivity index (χ4n) is 0.314. The van der Waals surface area contributed by atoms with Gasteiger partial charge in [-0.25, -0.2) is 4.98 Å². The molecule has 64 valence electrons. The molecule has 0 N–H and O–H groups in total. The number of aryl methyl sites for hydroxylation is 1. The van der Waals surface area contributed by atoms with Gasteiger partial charge in [-0.3, -0.25) is 0 Å².